The Morgan fingerprint density at radius 3 is 2.76 bits per heavy atom. The van der Waals surface area contributed by atoms with Crippen LogP contribution in [0.2, 0.25) is 0 Å². The van der Waals surface area contributed by atoms with E-state index >= 15 is 0 Å². The maximum atomic E-state index is 11.4. The number of carboxylic acids is 1. The minimum atomic E-state index is -0.767. The van der Waals surface area contributed by atoms with Crippen molar-refractivity contribution in [2.45, 2.75) is 37.5 Å². The zero-order valence-corrected chi connectivity index (χ0v) is 10.4. The quantitative estimate of drug-likeness (QED) is 0.522. The molecule has 0 aromatic heterocycles. The molecule has 0 bridgehead atoms. The number of thioether (sulfide) groups is 1. The van der Waals surface area contributed by atoms with Crippen molar-refractivity contribution >= 4 is 29.9 Å². The minimum absolute atomic E-state index is 0.0256. The van der Waals surface area contributed by atoms with Gasteiger partial charge in [-0.2, -0.15) is 0 Å². The van der Waals surface area contributed by atoms with E-state index in [1.165, 1.54) is 11.8 Å². The topological polar surface area (TPSA) is 74.7 Å². The summed E-state index contributed by atoms with van der Waals surface area (Å²) in [6.45, 7) is 0.600. The molecule has 0 spiro atoms. The number of hydrogen-bond acceptors (Lipinski definition) is 4. The highest BCUT2D eigenvalue weighted by atomic mass is 32.2. The SMILES string of the molecule is O=CC1SCC(=O)N1CCCCCCC(=O)O. The Morgan fingerprint density at radius 1 is 1.41 bits per heavy atom. The standard InChI is InChI=1S/C11H17NO4S/c13-7-10-12(9(14)8-17-10)6-4-2-1-3-5-11(15)16/h7,10H,1-6,8H2,(H,15,16). The lowest BCUT2D eigenvalue weighted by atomic mass is 10.1. The molecule has 0 aliphatic carbocycles. The van der Waals surface area contributed by atoms with Crippen LogP contribution in [0.4, 0.5) is 0 Å². The van der Waals surface area contributed by atoms with Crippen LogP contribution < -0.4 is 0 Å². The van der Waals surface area contributed by atoms with Crippen LogP contribution in [0.15, 0.2) is 0 Å². The third kappa shape index (κ3) is 4.77. The summed E-state index contributed by atoms with van der Waals surface area (Å²) in [5, 5.41) is 8.13. The monoisotopic (exact) mass is 259 g/mol. The highest BCUT2D eigenvalue weighted by Crippen LogP contribution is 2.23. The molecular weight excluding hydrogens is 242 g/mol. The summed E-state index contributed by atoms with van der Waals surface area (Å²) in [7, 11) is 0. The van der Waals surface area contributed by atoms with Gasteiger partial charge in [0.05, 0.1) is 5.75 Å². The average Bonchev–Trinajstić information content (AvgIpc) is 2.64. The molecule has 1 amide bonds. The first-order chi connectivity index (χ1) is 8.15. The highest BCUT2D eigenvalue weighted by molar-refractivity contribution is 8.01. The van der Waals surface area contributed by atoms with Crippen LogP contribution >= 0.6 is 11.8 Å². The molecule has 1 rings (SSSR count). The maximum Gasteiger partial charge on any atom is 0.303 e. The Bertz CT molecular complexity index is 295. The van der Waals surface area contributed by atoms with Crippen LogP contribution in [-0.2, 0) is 14.4 Å². The number of carboxylic acid groups (broad SMARTS) is 1. The molecule has 0 aromatic rings. The maximum absolute atomic E-state index is 11.4. The van der Waals surface area contributed by atoms with Crippen molar-refractivity contribution in [3.63, 3.8) is 0 Å². The molecular formula is C11H17NO4S. The van der Waals surface area contributed by atoms with Gasteiger partial charge in [0.25, 0.3) is 0 Å². The van der Waals surface area contributed by atoms with Gasteiger partial charge in [0.2, 0.25) is 5.91 Å². The number of carbonyl (C=O) groups excluding carboxylic acids is 2. The molecule has 1 aliphatic rings. The molecule has 1 N–H and O–H groups in total. The van der Waals surface area contributed by atoms with Crippen molar-refractivity contribution in [1.82, 2.24) is 4.90 Å². The summed E-state index contributed by atoms with van der Waals surface area (Å²) in [6.07, 6.45) is 4.27. The number of hydrogen-bond donors (Lipinski definition) is 1. The van der Waals surface area contributed by atoms with E-state index in [2.05, 4.69) is 0 Å². The van der Waals surface area contributed by atoms with E-state index in [1.54, 1.807) is 4.90 Å². The van der Waals surface area contributed by atoms with E-state index in [9.17, 15) is 14.4 Å². The molecule has 0 aromatic carbocycles. The molecule has 0 saturated carbocycles. The van der Waals surface area contributed by atoms with Crippen molar-refractivity contribution in [2.24, 2.45) is 0 Å². The van der Waals surface area contributed by atoms with E-state index in [-0.39, 0.29) is 17.7 Å². The van der Waals surface area contributed by atoms with Crippen molar-refractivity contribution < 1.29 is 19.5 Å². The average molecular weight is 259 g/mol. The van der Waals surface area contributed by atoms with Gasteiger partial charge < -0.3 is 14.8 Å². The Hall–Kier alpha value is -1.04. The van der Waals surface area contributed by atoms with Crippen molar-refractivity contribution in [1.29, 1.82) is 0 Å². The lowest BCUT2D eigenvalue weighted by Gasteiger charge is -2.19. The fourth-order valence-corrected chi connectivity index (χ4v) is 2.71. The Balaban J connectivity index is 2.11. The predicted molar refractivity (Wildman–Crippen MR) is 64.7 cm³/mol. The summed E-state index contributed by atoms with van der Waals surface area (Å²) in [4.78, 5) is 34.0. The summed E-state index contributed by atoms with van der Waals surface area (Å²) >= 11 is 1.36. The highest BCUT2D eigenvalue weighted by Gasteiger charge is 2.30. The second-order valence-corrected chi connectivity index (χ2v) is 5.09. The third-order valence-electron chi connectivity index (χ3n) is 2.66. The van der Waals surface area contributed by atoms with Crippen molar-refractivity contribution in [3.05, 3.63) is 0 Å². The molecule has 1 aliphatic heterocycles. The molecule has 17 heavy (non-hydrogen) atoms. The zero-order chi connectivity index (χ0) is 12.7. The van der Waals surface area contributed by atoms with Crippen LogP contribution in [0, 0.1) is 0 Å². The van der Waals surface area contributed by atoms with E-state index in [1.807, 2.05) is 0 Å². The van der Waals surface area contributed by atoms with Crippen LogP contribution in [0.25, 0.3) is 0 Å². The molecule has 1 saturated heterocycles. The second kappa shape index (κ2) is 7.32. The number of rotatable bonds is 8. The molecule has 96 valence electrons. The smallest absolute Gasteiger partial charge is 0.303 e. The lowest BCUT2D eigenvalue weighted by Crippen LogP contribution is -2.34. The number of carbonyl (C=O) groups is 3. The number of amides is 1. The van der Waals surface area contributed by atoms with Gasteiger partial charge in [-0.05, 0) is 12.8 Å². The molecule has 5 nitrogen and oxygen atoms in total. The normalized spacial score (nSPS) is 19.6. The first-order valence-electron chi connectivity index (χ1n) is 5.73. The number of aliphatic carboxylic acids is 1. The minimum Gasteiger partial charge on any atom is -0.481 e. The molecule has 1 fully saturated rings. The molecule has 1 atom stereocenters. The Labute approximate surface area is 105 Å². The Kier molecular flexibility index (Phi) is 6.04. The van der Waals surface area contributed by atoms with Gasteiger partial charge in [-0.15, -0.1) is 11.8 Å². The zero-order valence-electron chi connectivity index (χ0n) is 9.63. The van der Waals surface area contributed by atoms with Crippen LogP contribution in [-0.4, -0.2) is 45.8 Å². The van der Waals surface area contributed by atoms with E-state index in [0.29, 0.717) is 18.7 Å². The van der Waals surface area contributed by atoms with Gasteiger partial charge in [-0.25, -0.2) is 0 Å². The first-order valence-corrected chi connectivity index (χ1v) is 6.78. The summed E-state index contributed by atoms with van der Waals surface area (Å²) < 4.78 is 0. The van der Waals surface area contributed by atoms with Gasteiger partial charge in [-0.1, -0.05) is 12.8 Å². The van der Waals surface area contributed by atoms with E-state index in [0.717, 1.165) is 25.5 Å². The van der Waals surface area contributed by atoms with Gasteiger partial charge >= 0.3 is 5.97 Å². The Morgan fingerprint density at radius 2 is 2.12 bits per heavy atom. The molecule has 1 unspecified atom stereocenters. The number of unbranched alkanes of at least 4 members (excludes halogenated alkanes) is 3. The fraction of sp³-hybridized carbons (Fsp3) is 0.727. The summed E-state index contributed by atoms with van der Waals surface area (Å²) in [6, 6.07) is 0. The van der Waals surface area contributed by atoms with Crippen LogP contribution in [0.3, 0.4) is 0 Å². The van der Waals surface area contributed by atoms with Crippen LogP contribution in [0.1, 0.15) is 32.1 Å². The molecule has 0 radical (unpaired) electrons. The van der Waals surface area contributed by atoms with Gasteiger partial charge in [0, 0.05) is 13.0 Å². The van der Waals surface area contributed by atoms with Crippen molar-refractivity contribution in [3.8, 4) is 0 Å². The fourth-order valence-electron chi connectivity index (χ4n) is 1.75. The number of aldehydes is 1. The third-order valence-corrected chi connectivity index (χ3v) is 3.78. The van der Waals surface area contributed by atoms with Gasteiger partial charge in [0.1, 0.15) is 5.37 Å². The van der Waals surface area contributed by atoms with Crippen molar-refractivity contribution in [2.75, 3.05) is 12.3 Å². The van der Waals surface area contributed by atoms with Gasteiger partial charge in [0.15, 0.2) is 6.29 Å². The summed E-state index contributed by atoms with van der Waals surface area (Å²) in [5.41, 5.74) is 0. The molecule has 1 heterocycles. The van der Waals surface area contributed by atoms with E-state index < -0.39 is 5.97 Å². The van der Waals surface area contributed by atoms with E-state index in [4.69, 9.17) is 5.11 Å². The molecule has 6 heteroatoms. The second-order valence-electron chi connectivity index (χ2n) is 3.98. The number of nitrogens with zero attached hydrogens (tertiary/aromatic N) is 1. The van der Waals surface area contributed by atoms with Crippen LogP contribution in [0.5, 0.6) is 0 Å². The van der Waals surface area contributed by atoms with Gasteiger partial charge in [-0.3, -0.25) is 9.59 Å². The predicted octanol–water partition coefficient (Wildman–Crippen LogP) is 1.12. The lowest BCUT2D eigenvalue weighted by molar-refractivity contribution is -0.137. The largest absolute Gasteiger partial charge is 0.481 e. The summed E-state index contributed by atoms with van der Waals surface area (Å²) in [5.74, 6) is -0.350. The first kappa shape index (κ1) is 14.0.